The van der Waals surface area contributed by atoms with Gasteiger partial charge in [0.15, 0.2) is 5.82 Å². The van der Waals surface area contributed by atoms with Gasteiger partial charge in [0, 0.05) is 28.5 Å². The van der Waals surface area contributed by atoms with Crippen molar-refractivity contribution in [1.29, 1.82) is 0 Å². The van der Waals surface area contributed by atoms with Crippen LogP contribution in [0, 0.1) is 0 Å². The Morgan fingerprint density at radius 2 is 1.58 bits per heavy atom. The summed E-state index contributed by atoms with van der Waals surface area (Å²) < 4.78 is 6.12. The molecule has 3 heterocycles. The Bertz CT molecular complexity index is 1550. The maximum atomic E-state index is 6.12. The van der Waals surface area contributed by atoms with Gasteiger partial charge in [0.05, 0.1) is 11.2 Å². The van der Waals surface area contributed by atoms with Gasteiger partial charge < -0.3 is 4.74 Å². The molecule has 0 amide bonds. The monoisotopic (exact) mass is 508 g/mol. The molecule has 0 atom stereocenters. The zero-order chi connectivity index (χ0) is 26.1. The molecule has 38 heavy (non-hydrogen) atoms. The number of rotatable bonds is 6. The summed E-state index contributed by atoms with van der Waals surface area (Å²) in [7, 11) is 0. The maximum Gasteiger partial charge on any atom is 0.181 e. The number of nitrogens with one attached hydrogen (secondary N) is 2. The van der Waals surface area contributed by atoms with Crippen LogP contribution in [0.4, 0.5) is 0 Å². The third kappa shape index (κ3) is 5.16. The largest absolute Gasteiger partial charge is 0.492 e. The summed E-state index contributed by atoms with van der Waals surface area (Å²) >= 11 is 0. The van der Waals surface area contributed by atoms with E-state index in [-0.39, 0.29) is 5.41 Å². The lowest BCUT2D eigenvalue weighted by atomic mass is 9.96. The molecule has 6 rings (SSSR count). The van der Waals surface area contributed by atoms with Crippen molar-refractivity contribution >= 4 is 21.7 Å². The zero-order valence-electron chi connectivity index (χ0n) is 22.6. The molecule has 1 aliphatic heterocycles. The summed E-state index contributed by atoms with van der Waals surface area (Å²) in [5.41, 5.74) is 3.87. The number of fused-ring (bicyclic) bond motifs is 2. The quantitative estimate of drug-likeness (QED) is 0.266. The Balaban J connectivity index is 1.21. The van der Waals surface area contributed by atoms with Crippen LogP contribution in [-0.2, 0) is 5.41 Å². The highest BCUT2D eigenvalue weighted by Crippen LogP contribution is 2.32. The lowest BCUT2D eigenvalue weighted by molar-refractivity contribution is 0.214. The second kappa shape index (κ2) is 10.2. The Morgan fingerprint density at radius 3 is 2.37 bits per heavy atom. The van der Waals surface area contributed by atoms with Crippen molar-refractivity contribution in [3.05, 3.63) is 60.4 Å². The Morgan fingerprint density at radius 1 is 0.816 bits per heavy atom. The fraction of sp³-hybridized carbons (Fsp3) is 0.387. The molecule has 7 heteroatoms. The minimum Gasteiger partial charge on any atom is -0.492 e. The second-order valence-corrected chi connectivity index (χ2v) is 11.4. The van der Waals surface area contributed by atoms with E-state index < -0.39 is 0 Å². The van der Waals surface area contributed by atoms with E-state index in [0.29, 0.717) is 5.82 Å². The van der Waals surface area contributed by atoms with Crippen LogP contribution in [0.5, 0.6) is 5.75 Å². The summed E-state index contributed by atoms with van der Waals surface area (Å²) in [6, 6.07) is 19.0. The number of likely N-dealkylation sites (tertiary alicyclic amines) is 1. The molecule has 0 radical (unpaired) electrons. The number of aromatic nitrogens is 5. The first-order valence-corrected chi connectivity index (χ1v) is 13.7. The highest BCUT2D eigenvalue weighted by molar-refractivity contribution is 5.97. The Labute approximate surface area is 223 Å². The molecule has 0 saturated carbocycles. The average molecular weight is 509 g/mol. The van der Waals surface area contributed by atoms with E-state index in [0.717, 1.165) is 57.8 Å². The predicted molar refractivity (Wildman–Crippen MR) is 154 cm³/mol. The Kier molecular flexibility index (Phi) is 6.62. The normalized spacial score (nSPS) is 15.2. The van der Waals surface area contributed by atoms with Crippen LogP contribution in [0.3, 0.4) is 0 Å². The van der Waals surface area contributed by atoms with Gasteiger partial charge in [0.2, 0.25) is 0 Å². The molecule has 0 unspecified atom stereocenters. The molecule has 2 N–H and O–H groups in total. The first-order valence-electron chi connectivity index (χ1n) is 13.7. The van der Waals surface area contributed by atoms with Crippen molar-refractivity contribution in [1.82, 2.24) is 30.3 Å². The van der Waals surface area contributed by atoms with Crippen molar-refractivity contribution in [2.75, 3.05) is 26.2 Å². The summed E-state index contributed by atoms with van der Waals surface area (Å²) in [5, 5.41) is 18.8. The fourth-order valence-electron chi connectivity index (χ4n) is 5.21. The molecule has 0 aliphatic carbocycles. The van der Waals surface area contributed by atoms with Crippen LogP contribution in [0.2, 0.25) is 0 Å². The molecule has 0 spiro atoms. The number of ether oxygens (including phenoxy) is 1. The molecular weight excluding hydrogens is 472 g/mol. The van der Waals surface area contributed by atoms with Gasteiger partial charge in [0.1, 0.15) is 18.2 Å². The molecule has 1 aliphatic rings. The van der Waals surface area contributed by atoms with Gasteiger partial charge in [0.25, 0.3) is 0 Å². The number of aromatic amines is 2. The van der Waals surface area contributed by atoms with Crippen molar-refractivity contribution in [3.63, 3.8) is 0 Å². The molecule has 7 nitrogen and oxygen atoms in total. The van der Waals surface area contributed by atoms with Gasteiger partial charge in [-0.1, -0.05) is 51.8 Å². The predicted octanol–water partition coefficient (Wildman–Crippen LogP) is 6.72. The lowest BCUT2D eigenvalue weighted by Crippen LogP contribution is -2.29. The van der Waals surface area contributed by atoms with Crippen LogP contribution in [0.25, 0.3) is 44.3 Å². The van der Waals surface area contributed by atoms with E-state index in [1.807, 2.05) is 12.1 Å². The minimum absolute atomic E-state index is 0.0844. The molecule has 1 fully saturated rings. The van der Waals surface area contributed by atoms with Gasteiger partial charge in [-0.3, -0.25) is 15.1 Å². The summed E-state index contributed by atoms with van der Waals surface area (Å²) in [6.45, 7) is 10.5. The number of hydrogen-bond donors (Lipinski definition) is 2. The smallest absolute Gasteiger partial charge is 0.181 e. The third-order valence-corrected chi connectivity index (χ3v) is 7.48. The zero-order valence-corrected chi connectivity index (χ0v) is 22.6. The molecule has 2 aromatic heterocycles. The van der Waals surface area contributed by atoms with Gasteiger partial charge in [-0.05, 0) is 73.1 Å². The average Bonchev–Trinajstić information content (AvgIpc) is 3.50. The highest BCUT2D eigenvalue weighted by Gasteiger charge is 2.20. The summed E-state index contributed by atoms with van der Waals surface area (Å²) in [6.07, 6.45) is 5.34. The van der Waals surface area contributed by atoms with Gasteiger partial charge in [-0.25, -0.2) is 4.98 Å². The van der Waals surface area contributed by atoms with Crippen molar-refractivity contribution in [2.45, 2.75) is 51.9 Å². The molecule has 1 saturated heterocycles. The van der Waals surface area contributed by atoms with E-state index >= 15 is 0 Å². The van der Waals surface area contributed by atoms with Crippen LogP contribution in [0.1, 0.15) is 52.3 Å². The molecule has 196 valence electrons. The Hall–Kier alpha value is -3.71. The van der Waals surface area contributed by atoms with Gasteiger partial charge >= 0.3 is 0 Å². The molecule has 5 aromatic rings. The number of nitrogens with zero attached hydrogens (tertiary/aromatic N) is 4. The third-order valence-electron chi connectivity index (χ3n) is 7.48. The first kappa shape index (κ1) is 24.6. The van der Waals surface area contributed by atoms with Crippen molar-refractivity contribution in [2.24, 2.45) is 0 Å². The van der Waals surface area contributed by atoms with Crippen molar-refractivity contribution < 1.29 is 4.74 Å². The summed E-state index contributed by atoms with van der Waals surface area (Å²) in [4.78, 5) is 7.27. The van der Waals surface area contributed by atoms with Gasteiger partial charge in [-0.15, -0.1) is 0 Å². The number of benzene rings is 3. The van der Waals surface area contributed by atoms with Crippen LogP contribution >= 0.6 is 0 Å². The van der Waals surface area contributed by atoms with Crippen LogP contribution in [-0.4, -0.2) is 56.5 Å². The van der Waals surface area contributed by atoms with Crippen LogP contribution in [0.15, 0.2) is 54.6 Å². The molecule has 0 bridgehead atoms. The summed E-state index contributed by atoms with van der Waals surface area (Å²) in [5.74, 6) is 2.50. The first-order chi connectivity index (χ1) is 18.4. The highest BCUT2D eigenvalue weighted by atomic mass is 16.5. The van der Waals surface area contributed by atoms with Crippen LogP contribution < -0.4 is 4.74 Å². The molecular formula is C31H36N6O. The van der Waals surface area contributed by atoms with E-state index in [9.17, 15) is 0 Å². The van der Waals surface area contributed by atoms with E-state index in [2.05, 4.69) is 88.5 Å². The maximum absolute atomic E-state index is 6.12. The van der Waals surface area contributed by atoms with E-state index in [4.69, 9.17) is 9.72 Å². The van der Waals surface area contributed by atoms with E-state index in [1.165, 1.54) is 44.2 Å². The standard InChI is InChI=1S/C31H36N6O/c1-31(2,3)30-32-29(35-36-30)24-11-13-27-26(20-24)28(34-33-27)23-9-8-22-19-25(12-10-21(22)18-23)38-17-16-37-14-6-4-5-7-15-37/h8-13,18-20H,4-7,14-17H2,1-3H3,(H,33,34)(H,32,35,36). The number of hydrogen-bond acceptors (Lipinski definition) is 5. The topological polar surface area (TPSA) is 82.7 Å². The lowest BCUT2D eigenvalue weighted by Gasteiger charge is -2.19. The molecule has 3 aromatic carbocycles. The minimum atomic E-state index is -0.0844. The van der Waals surface area contributed by atoms with E-state index in [1.54, 1.807) is 0 Å². The fourth-order valence-corrected chi connectivity index (χ4v) is 5.21. The number of H-pyrrole nitrogens is 2. The SMILES string of the molecule is CC(C)(C)c1nc(-c2ccc3[nH]nc(-c4ccc5cc(OCCN6CCCCCC6)ccc5c4)c3c2)n[nH]1. The van der Waals surface area contributed by atoms with Gasteiger partial charge in [-0.2, -0.15) is 10.2 Å². The second-order valence-electron chi connectivity index (χ2n) is 11.4. The van der Waals surface area contributed by atoms with Crippen molar-refractivity contribution in [3.8, 4) is 28.4 Å².